The van der Waals surface area contributed by atoms with E-state index < -0.39 is 6.09 Å². The number of fused-ring (bicyclic) bond motifs is 1. The molecule has 1 saturated heterocycles. The van der Waals surface area contributed by atoms with Crippen molar-refractivity contribution < 1.29 is 14.6 Å². The number of nitrogens with zero attached hydrogens (tertiary/aromatic N) is 6. The van der Waals surface area contributed by atoms with Gasteiger partial charge in [0.2, 0.25) is 0 Å². The maximum Gasteiger partial charge on any atom is 0.409 e. The minimum atomic E-state index is -1.06. The molecule has 0 unspecified atom stereocenters. The molecule has 2 N–H and O–H groups in total. The first-order valence-electron chi connectivity index (χ1n) is 11.4. The van der Waals surface area contributed by atoms with Gasteiger partial charge in [0.1, 0.15) is 22.9 Å². The highest BCUT2D eigenvalue weighted by Gasteiger charge is 2.22. The molecular weight excluding hydrogens is 446 g/mol. The van der Waals surface area contributed by atoms with Crippen LogP contribution in [0, 0.1) is 11.3 Å². The van der Waals surface area contributed by atoms with Crippen molar-refractivity contribution in [3.63, 3.8) is 0 Å². The summed E-state index contributed by atoms with van der Waals surface area (Å²) in [4.78, 5) is 13.2. The zero-order valence-electron chi connectivity index (χ0n) is 19.3. The van der Waals surface area contributed by atoms with Crippen LogP contribution in [0.5, 0.6) is 5.75 Å². The van der Waals surface area contributed by atoms with Crippen molar-refractivity contribution in [3.8, 4) is 22.9 Å². The fraction of sp³-hybridized carbons (Fsp3) is 0.280. The number of hydrogen-bond donors (Lipinski definition) is 2. The number of rotatable bonds is 6. The number of likely N-dealkylation sites (tertiary alicyclic amines) is 1. The number of pyridine rings is 1. The third-order valence-electron chi connectivity index (χ3n) is 6.39. The summed E-state index contributed by atoms with van der Waals surface area (Å²) >= 11 is 0. The quantitative estimate of drug-likeness (QED) is 0.436. The Balaban J connectivity index is 1.24. The van der Waals surface area contributed by atoms with Gasteiger partial charge in [0.05, 0.1) is 25.5 Å². The van der Waals surface area contributed by atoms with E-state index in [1.54, 1.807) is 30.0 Å². The number of amides is 1. The van der Waals surface area contributed by atoms with Crippen LogP contribution in [0.2, 0.25) is 0 Å². The average Bonchev–Trinajstić information content (AvgIpc) is 3.52. The second kappa shape index (κ2) is 9.48. The van der Waals surface area contributed by atoms with Gasteiger partial charge < -0.3 is 9.84 Å². The minimum Gasteiger partial charge on any atom is -0.494 e. The largest absolute Gasteiger partial charge is 0.494 e. The van der Waals surface area contributed by atoms with E-state index >= 15 is 0 Å². The number of nitrogens with one attached hydrogen (secondary N) is 1. The van der Waals surface area contributed by atoms with Crippen molar-refractivity contribution in [2.24, 2.45) is 0 Å². The molecule has 4 aromatic rings. The van der Waals surface area contributed by atoms with Gasteiger partial charge in [-0.15, -0.1) is 0 Å². The lowest BCUT2D eigenvalue weighted by Gasteiger charge is -2.32. The monoisotopic (exact) mass is 471 g/mol. The smallest absolute Gasteiger partial charge is 0.409 e. The van der Waals surface area contributed by atoms with E-state index in [4.69, 9.17) is 9.84 Å². The van der Waals surface area contributed by atoms with Crippen molar-refractivity contribution in [2.75, 3.05) is 25.5 Å². The second-order valence-corrected chi connectivity index (χ2v) is 8.60. The summed E-state index contributed by atoms with van der Waals surface area (Å²) in [6.45, 7) is 2.75. The predicted octanol–water partition coefficient (Wildman–Crippen LogP) is 4.01. The van der Waals surface area contributed by atoms with E-state index in [-0.39, 0.29) is 0 Å². The van der Waals surface area contributed by atoms with Crippen LogP contribution in [0.3, 0.4) is 0 Å². The highest BCUT2D eigenvalue weighted by atomic mass is 16.5. The lowest BCUT2D eigenvalue weighted by molar-refractivity contribution is 0.173. The number of aromatic nitrogens is 4. The molecule has 0 saturated carbocycles. The Morgan fingerprint density at radius 2 is 1.94 bits per heavy atom. The van der Waals surface area contributed by atoms with Crippen LogP contribution in [0.25, 0.3) is 16.6 Å². The fourth-order valence-corrected chi connectivity index (χ4v) is 4.58. The van der Waals surface area contributed by atoms with Gasteiger partial charge in [0, 0.05) is 48.8 Å². The van der Waals surface area contributed by atoms with Crippen LogP contribution in [-0.2, 0) is 6.54 Å². The van der Waals surface area contributed by atoms with Gasteiger partial charge >= 0.3 is 6.09 Å². The maximum atomic E-state index is 10.7. The Labute approximate surface area is 202 Å². The zero-order chi connectivity index (χ0) is 24.4. The Bertz CT molecular complexity index is 1390. The SMILES string of the molecule is COc1cc(-c2cnn(C3CCN(Cc4ccc(NC(=O)O)cc4)CC3)c2)cn2ncc(C#N)c12. The van der Waals surface area contributed by atoms with Crippen molar-refractivity contribution in [3.05, 3.63) is 66.2 Å². The van der Waals surface area contributed by atoms with Crippen LogP contribution in [0.15, 0.2) is 55.1 Å². The maximum absolute atomic E-state index is 10.7. The molecule has 10 nitrogen and oxygen atoms in total. The normalized spacial score (nSPS) is 14.6. The van der Waals surface area contributed by atoms with E-state index in [1.165, 1.54) is 0 Å². The third-order valence-corrected chi connectivity index (χ3v) is 6.39. The first-order valence-corrected chi connectivity index (χ1v) is 11.4. The number of benzene rings is 1. The summed E-state index contributed by atoms with van der Waals surface area (Å²) in [5.41, 5.74) is 4.76. The molecule has 5 rings (SSSR count). The number of hydrogen-bond acceptors (Lipinski definition) is 6. The molecule has 0 spiro atoms. The molecule has 35 heavy (non-hydrogen) atoms. The number of nitriles is 1. The molecular formula is C25H25N7O3. The number of ether oxygens (including phenoxy) is 1. The van der Waals surface area contributed by atoms with Crippen molar-refractivity contribution in [1.29, 1.82) is 5.26 Å². The summed E-state index contributed by atoms with van der Waals surface area (Å²) in [5, 5.41) is 29.4. The van der Waals surface area contributed by atoms with E-state index in [9.17, 15) is 10.1 Å². The highest BCUT2D eigenvalue weighted by molar-refractivity contribution is 5.82. The molecule has 0 radical (unpaired) electrons. The van der Waals surface area contributed by atoms with Crippen LogP contribution in [-0.4, -0.2) is 55.7 Å². The Hall–Kier alpha value is -4.36. The number of carbonyl (C=O) groups is 1. The molecule has 1 aromatic carbocycles. The standard InChI is InChI=1S/C25H25N7O3/c1-35-23-10-18(15-32-24(23)19(11-26)12-28-32)20-13-27-31(16-20)22-6-8-30(9-7-22)14-17-2-4-21(5-3-17)29-25(33)34/h2-5,10,12-13,15-16,22,29H,6-9,14H2,1H3,(H,33,34). The van der Waals surface area contributed by atoms with Gasteiger partial charge in [-0.05, 0) is 36.6 Å². The molecule has 1 aliphatic heterocycles. The summed E-state index contributed by atoms with van der Waals surface area (Å²) in [6.07, 6.45) is 8.27. The Morgan fingerprint density at radius 3 is 2.63 bits per heavy atom. The number of anilines is 1. The first kappa shape index (κ1) is 22.4. The topological polar surface area (TPSA) is 121 Å². The summed E-state index contributed by atoms with van der Waals surface area (Å²) in [7, 11) is 1.59. The van der Waals surface area contributed by atoms with Gasteiger partial charge in [0.15, 0.2) is 0 Å². The minimum absolute atomic E-state index is 0.322. The molecule has 4 heterocycles. The third kappa shape index (κ3) is 4.67. The van der Waals surface area contributed by atoms with Crippen LogP contribution in [0.4, 0.5) is 10.5 Å². The lowest BCUT2D eigenvalue weighted by atomic mass is 10.0. The van der Waals surface area contributed by atoms with Crippen LogP contribution >= 0.6 is 0 Å². The Morgan fingerprint density at radius 1 is 1.17 bits per heavy atom. The van der Waals surface area contributed by atoms with Gasteiger partial charge in [-0.3, -0.25) is 14.9 Å². The van der Waals surface area contributed by atoms with E-state index in [0.717, 1.165) is 49.2 Å². The molecule has 0 bridgehead atoms. The van der Waals surface area contributed by atoms with E-state index in [1.807, 2.05) is 35.3 Å². The zero-order valence-corrected chi connectivity index (χ0v) is 19.3. The Kier molecular flexibility index (Phi) is 6.08. The van der Waals surface area contributed by atoms with Crippen molar-refractivity contribution in [1.82, 2.24) is 24.3 Å². The number of methoxy groups -OCH3 is 1. The van der Waals surface area contributed by atoms with Crippen LogP contribution < -0.4 is 10.1 Å². The highest BCUT2D eigenvalue weighted by Crippen LogP contribution is 2.31. The predicted molar refractivity (Wildman–Crippen MR) is 129 cm³/mol. The van der Waals surface area contributed by atoms with Gasteiger partial charge in [-0.25, -0.2) is 9.31 Å². The van der Waals surface area contributed by atoms with Gasteiger partial charge in [-0.1, -0.05) is 12.1 Å². The van der Waals surface area contributed by atoms with Gasteiger partial charge in [-0.2, -0.15) is 15.5 Å². The number of carboxylic acid groups (broad SMARTS) is 1. The molecule has 1 amide bonds. The average molecular weight is 472 g/mol. The lowest BCUT2D eigenvalue weighted by Crippen LogP contribution is -2.34. The van der Waals surface area contributed by atoms with Gasteiger partial charge in [0.25, 0.3) is 0 Å². The van der Waals surface area contributed by atoms with E-state index in [0.29, 0.717) is 28.6 Å². The molecule has 3 aromatic heterocycles. The van der Waals surface area contributed by atoms with Crippen molar-refractivity contribution in [2.45, 2.75) is 25.4 Å². The molecule has 0 aliphatic carbocycles. The van der Waals surface area contributed by atoms with E-state index in [2.05, 4.69) is 32.7 Å². The molecule has 1 fully saturated rings. The van der Waals surface area contributed by atoms with Crippen molar-refractivity contribution >= 4 is 17.3 Å². The number of piperidine rings is 1. The summed E-state index contributed by atoms with van der Waals surface area (Å²) < 4.78 is 9.24. The summed E-state index contributed by atoms with van der Waals surface area (Å²) in [6, 6.07) is 11.9. The van der Waals surface area contributed by atoms with Crippen LogP contribution in [0.1, 0.15) is 30.0 Å². The second-order valence-electron chi connectivity index (χ2n) is 8.60. The molecule has 178 valence electrons. The molecule has 0 atom stereocenters. The summed E-state index contributed by atoms with van der Waals surface area (Å²) in [5.74, 6) is 0.601. The fourth-order valence-electron chi connectivity index (χ4n) is 4.58. The molecule has 1 aliphatic rings. The molecule has 10 heteroatoms. The first-order chi connectivity index (χ1) is 17.0.